The van der Waals surface area contributed by atoms with Gasteiger partial charge in [0.05, 0.1) is 11.0 Å². The van der Waals surface area contributed by atoms with E-state index in [0.29, 0.717) is 11.1 Å². The monoisotopic (exact) mass is 396 g/mol. The molecule has 0 spiro atoms. The van der Waals surface area contributed by atoms with E-state index in [-0.39, 0.29) is 19.3 Å². The number of rotatable bonds is 8. The SMILES string of the molecule is [2H]C([2H])(O)CC(Cc1cc(N2CCN(C)CC2)ccc1C(=O)OC(C)(C)C)CC([2H])([2H])O. The maximum absolute atomic E-state index is 12.9. The lowest BCUT2D eigenvalue weighted by Crippen LogP contribution is -2.44. The molecule has 2 N–H and O–H groups in total. The molecule has 1 heterocycles. The summed E-state index contributed by atoms with van der Waals surface area (Å²) in [4.78, 5) is 17.3. The molecule has 158 valence electrons. The zero-order valence-corrected chi connectivity index (χ0v) is 17.4. The predicted octanol–water partition coefficient (Wildman–Crippen LogP) is 2.32. The number of nitrogens with zero attached hydrogens (tertiary/aromatic N) is 2. The first-order valence-corrected chi connectivity index (χ1v) is 9.77. The van der Waals surface area contributed by atoms with Gasteiger partial charge >= 0.3 is 5.97 Å². The maximum Gasteiger partial charge on any atom is 0.338 e. The molecule has 1 saturated heterocycles. The number of carbonyl (C=O) groups excluding carboxylic acids is 1. The van der Waals surface area contributed by atoms with Crippen LogP contribution >= 0.6 is 0 Å². The Morgan fingerprint density at radius 2 is 1.79 bits per heavy atom. The number of anilines is 1. The third-order valence-corrected chi connectivity index (χ3v) is 4.84. The summed E-state index contributed by atoms with van der Waals surface area (Å²) in [5.41, 5.74) is 1.11. The second kappa shape index (κ2) is 10.2. The quantitative estimate of drug-likeness (QED) is 0.657. The van der Waals surface area contributed by atoms with Crippen LogP contribution in [0.5, 0.6) is 0 Å². The van der Waals surface area contributed by atoms with Crippen LogP contribution < -0.4 is 4.90 Å². The molecule has 1 fully saturated rings. The molecule has 28 heavy (non-hydrogen) atoms. The van der Waals surface area contributed by atoms with E-state index in [9.17, 15) is 15.0 Å². The van der Waals surface area contributed by atoms with Crippen LogP contribution in [0.25, 0.3) is 0 Å². The minimum absolute atomic E-state index is 0.107. The first-order chi connectivity index (χ1) is 14.5. The minimum atomic E-state index is -2.53. The highest BCUT2D eigenvalue weighted by Crippen LogP contribution is 2.27. The van der Waals surface area contributed by atoms with Gasteiger partial charge in [-0.05, 0) is 76.8 Å². The van der Waals surface area contributed by atoms with Crippen LogP contribution in [0.3, 0.4) is 0 Å². The number of benzene rings is 1. The van der Waals surface area contributed by atoms with Crippen LogP contribution in [0.2, 0.25) is 0 Å². The topological polar surface area (TPSA) is 73.2 Å². The fourth-order valence-corrected chi connectivity index (χ4v) is 3.33. The number of ether oxygens (including phenoxy) is 1. The average molecular weight is 397 g/mol. The number of hydrogen-bond donors (Lipinski definition) is 2. The van der Waals surface area contributed by atoms with Gasteiger partial charge in [-0.2, -0.15) is 0 Å². The summed E-state index contributed by atoms with van der Waals surface area (Å²) in [7, 11) is 2.06. The Hall–Kier alpha value is -1.63. The first kappa shape index (κ1) is 17.2. The van der Waals surface area contributed by atoms with Crippen molar-refractivity contribution in [2.75, 3.05) is 51.2 Å². The molecule has 0 aromatic heterocycles. The molecule has 1 aliphatic rings. The molecule has 1 aromatic rings. The fourth-order valence-electron chi connectivity index (χ4n) is 3.33. The van der Waals surface area contributed by atoms with Crippen LogP contribution in [-0.4, -0.2) is 73.0 Å². The van der Waals surface area contributed by atoms with Gasteiger partial charge in [0.2, 0.25) is 0 Å². The van der Waals surface area contributed by atoms with Gasteiger partial charge in [-0.1, -0.05) is 0 Å². The van der Waals surface area contributed by atoms with Crippen LogP contribution in [0.4, 0.5) is 5.69 Å². The maximum atomic E-state index is 12.9. The molecule has 0 radical (unpaired) electrons. The molecular formula is C22H36N2O4. The number of esters is 1. The lowest BCUT2D eigenvalue weighted by Gasteiger charge is -2.34. The van der Waals surface area contributed by atoms with Gasteiger partial charge in [-0.25, -0.2) is 4.79 Å². The summed E-state index contributed by atoms with van der Waals surface area (Å²) in [6.07, 6.45) is -0.643. The molecule has 0 saturated carbocycles. The third kappa shape index (κ3) is 6.76. The molecular weight excluding hydrogens is 356 g/mol. The predicted molar refractivity (Wildman–Crippen MR) is 112 cm³/mol. The highest BCUT2D eigenvalue weighted by molar-refractivity contribution is 5.92. The fraction of sp³-hybridized carbons (Fsp3) is 0.682. The van der Waals surface area contributed by atoms with Gasteiger partial charge in [0.15, 0.2) is 0 Å². The normalized spacial score (nSPS) is 19.0. The Labute approximate surface area is 174 Å². The lowest BCUT2D eigenvalue weighted by atomic mass is 9.90. The van der Waals surface area contributed by atoms with Crippen molar-refractivity contribution in [2.24, 2.45) is 5.92 Å². The largest absolute Gasteiger partial charge is 0.456 e. The van der Waals surface area contributed by atoms with Crippen LogP contribution in [-0.2, 0) is 11.2 Å². The number of likely N-dealkylation sites (N-methyl/N-ethyl adjacent to an activating group) is 1. The van der Waals surface area contributed by atoms with E-state index in [2.05, 4.69) is 16.8 Å². The van der Waals surface area contributed by atoms with E-state index in [1.165, 1.54) is 0 Å². The summed E-state index contributed by atoms with van der Waals surface area (Å²) in [5.74, 6) is -1.26. The van der Waals surface area contributed by atoms with Crippen LogP contribution in [0.1, 0.15) is 55.0 Å². The van der Waals surface area contributed by atoms with Gasteiger partial charge in [-0.15, -0.1) is 0 Å². The Balaban J connectivity index is 2.40. The van der Waals surface area contributed by atoms with Crippen LogP contribution in [0.15, 0.2) is 18.2 Å². The van der Waals surface area contributed by atoms with E-state index in [0.717, 1.165) is 31.9 Å². The van der Waals surface area contributed by atoms with Crippen molar-refractivity contribution in [1.29, 1.82) is 0 Å². The highest BCUT2D eigenvalue weighted by Gasteiger charge is 2.23. The molecule has 1 aliphatic heterocycles. The lowest BCUT2D eigenvalue weighted by molar-refractivity contribution is 0.00681. The summed E-state index contributed by atoms with van der Waals surface area (Å²) in [6, 6.07) is 5.41. The van der Waals surface area contributed by atoms with E-state index in [1.54, 1.807) is 26.8 Å². The Morgan fingerprint density at radius 1 is 1.18 bits per heavy atom. The van der Waals surface area contributed by atoms with Crippen molar-refractivity contribution in [3.8, 4) is 0 Å². The standard InChI is InChI=1S/C22H36N2O4/c1-22(2,3)28-21(27)20-6-5-19(24-11-9-23(4)10-12-24)16-18(20)15-17(7-13-25)8-14-26/h5-6,16-17,25-26H,7-15H2,1-4H3/i13D2,14D2. The number of carbonyl (C=O) groups is 1. The Kier molecular flexibility index (Phi) is 6.30. The van der Waals surface area contributed by atoms with Crippen molar-refractivity contribution in [2.45, 2.75) is 45.6 Å². The smallest absolute Gasteiger partial charge is 0.338 e. The van der Waals surface area contributed by atoms with Gasteiger partial charge in [-0.3, -0.25) is 0 Å². The molecule has 0 atom stereocenters. The molecule has 1 aromatic carbocycles. The molecule has 6 heteroatoms. The van der Waals surface area contributed by atoms with Gasteiger partial charge < -0.3 is 24.7 Å². The summed E-state index contributed by atoms with van der Waals surface area (Å²) < 4.78 is 35.7. The van der Waals surface area contributed by atoms with E-state index < -0.39 is 30.6 Å². The minimum Gasteiger partial charge on any atom is -0.456 e. The summed E-state index contributed by atoms with van der Waals surface area (Å²) in [6.45, 7) is 3.70. The van der Waals surface area contributed by atoms with Gasteiger partial charge in [0.25, 0.3) is 0 Å². The molecule has 0 unspecified atom stereocenters. The first-order valence-electron chi connectivity index (χ1n) is 11.8. The van der Waals surface area contributed by atoms with Crippen molar-refractivity contribution < 1.29 is 25.2 Å². The van der Waals surface area contributed by atoms with E-state index in [4.69, 9.17) is 10.2 Å². The zero-order chi connectivity index (χ0) is 24.3. The number of piperazine rings is 1. The van der Waals surface area contributed by atoms with Crippen molar-refractivity contribution in [3.63, 3.8) is 0 Å². The van der Waals surface area contributed by atoms with E-state index >= 15 is 0 Å². The molecule has 2 rings (SSSR count). The summed E-state index contributed by atoms with van der Waals surface area (Å²) in [5, 5.41) is 19.4. The van der Waals surface area contributed by atoms with Crippen molar-refractivity contribution in [3.05, 3.63) is 29.3 Å². The van der Waals surface area contributed by atoms with Crippen molar-refractivity contribution in [1.82, 2.24) is 4.90 Å². The number of hydrogen-bond acceptors (Lipinski definition) is 6. The highest BCUT2D eigenvalue weighted by atomic mass is 16.6. The molecule has 0 bridgehead atoms. The van der Waals surface area contributed by atoms with Crippen molar-refractivity contribution >= 4 is 11.7 Å². The van der Waals surface area contributed by atoms with Gasteiger partial charge in [0.1, 0.15) is 5.60 Å². The second-order valence-electron chi connectivity index (χ2n) is 8.43. The Bertz CT molecular complexity index is 764. The second-order valence-corrected chi connectivity index (χ2v) is 8.43. The molecule has 0 aliphatic carbocycles. The summed E-state index contributed by atoms with van der Waals surface area (Å²) >= 11 is 0. The molecule has 6 nitrogen and oxygen atoms in total. The van der Waals surface area contributed by atoms with Crippen LogP contribution in [0, 0.1) is 5.92 Å². The third-order valence-electron chi connectivity index (χ3n) is 4.84. The van der Waals surface area contributed by atoms with Gasteiger partial charge in [0, 0.05) is 45.0 Å². The molecule has 0 amide bonds. The van der Waals surface area contributed by atoms with E-state index in [1.807, 2.05) is 12.1 Å². The zero-order valence-electron chi connectivity index (χ0n) is 21.4. The Morgan fingerprint density at radius 3 is 2.32 bits per heavy atom. The average Bonchev–Trinajstić information content (AvgIpc) is 2.57. The number of aliphatic hydroxyl groups is 2.